The van der Waals surface area contributed by atoms with Crippen molar-refractivity contribution >= 4 is 39.7 Å². The molecule has 0 saturated heterocycles. The van der Waals surface area contributed by atoms with Crippen LogP contribution >= 0.6 is 39.7 Å². The van der Waals surface area contributed by atoms with Gasteiger partial charge in [0.2, 0.25) is 0 Å². The molecular formula is C23H29BrClNO2S. The van der Waals surface area contributed by atoms with Crippen molar-refractivity contribution in [2.75, 3.05) is 7.11 Å². The van der Waals surface area contributed by atoms with Crippen molar-refractivity contribution in [3.8, 4) is 11.5 Å². The van der Waals surface area contributed by atoms with Gasteiger partial charge in [-0.3, -0.25) is 0 Å². The number of methoxy groups -OCH3 is 1. The van der Waals surface area contributed by atoms with Gasteiger partial charge in [0.25, 0.3) is 0 Å². The van der Waals surface area contributed by atoms with Gasteiger partial charge in [0.05, 0.1) is 11.6 Å². The van der Waals surface area contributed by atoms with Crippen molar-refractivity contribution in [3.63, 3.8) is 0 Å². The molecule has 0 atom stereocenters. The summed E-state index contributed by atoms with van der Waals surface area (Å²) in [6.45, 7) is 1.46. The lowest BCUT2D eigenvalue weighted by Gasteiger charge is -2.54. The van der Waals surface area contributed by atoms with E-state index < -0.39 is 0 Å². The number of hydrogen-bond donors (Lipinski definition) is 1. The third kappa shape index (κ3) is 4.48. The predicted molar refractivity (Wildman–Crippen MR) is 124 cm³/mol. The Bertz CT molecular complexity index is 801. The largest absolute Gasteiger partial charge is 0.493 e. The first-order valence-electron chi connectivity index (χ1n) is 10.4. The fourth-order valence-electron chi connectivity index (χ4n) is 6.05. The summed E-state index contributed by atoms with van der Waals surface area (Å²) in [7, 11) is 1.72. The third-order valence-electron chi connectivity index (χ3n) is 7.00. The van der Waals surface area contributed by atoms with Crippen molar-refractivity contribution < 1.29 is 9.47 Å². The Kier molecular flexibility index (Phi) is 6.79. The van der Waals surface area contributed by atoms with Crippen LogP contribution in [0, 0.1) is 23.7 Å². The van der Waals surface area contributed by atoms with E-state index in [9.17, 15) is 0 Å². The molecule has 1 aromatic carbocycles. The summed E-state index contributed by atoms with van der Waals surface area (Å²) in [4.78, 5) is 1.21. The SMILES string of the molecule is COc1cc(CNC2C3CC4CC(C3)CC2C4)cc(Br)c1OCc1cccs1.Cl. The summed E-state index contributed by atoms with van der Waals surface area (Å²) in [6.07, 6.45) is 7.32. The molecule has 4 saturated carbocycles. The average molecular weight is 499 g/mol. The zero-order chi connectivity index (χ0) is 19.1. The number of thiophene rings is 1. The fraction of sp³-hybridized carbons (Fsp3) is 0.565. The zero-order valence-electron chi connectivity index (χ0n) is 16.7. The molecule has 29 heavy (non-hydrogen) atoms. The average Bonchev–Trinajstić information content (AvgIpc) is 3.19. The highest BCUT2D eigenvalue weighted by molar-refractivity contribution is 9.10. The van der Waals surface area contributed by atoms with Crippen LogP contribution < -0.4 is 14.8 Å². The minimum absolute atomic E-state index is 0. The van der Waals surface area contributed by atoms with E-state index in [1.165, 1.54) is 42.5 Å². The number of rotatable bonds is 7. The molecule has 4 aliphatic carbocycles. The fourth-order valence-corrected chi connectivity index (χ4v) is 7.27. The maximum atomic E-state index is 6.05. The Morgan fingerprint density at radius 2 is 1.83 bits per heavy atom. The Morgan fingerprint density at radius 1 is 1.10 bits per heavy atom. The Morgan fingerprint density at radius 3 is 2.45 bits per heavy atom. The predicted octanol–water partition coefficient (Wildman–Crippen LogP) is 6.43. The van der Waals surface area contributed by atoms with E-state index in [0.717, 1.165) is 46.2 Å². The van der Waals surface area contributed by atoms with Crippen molar-refractivity contribution in [3.05, 3.63) is 44.6 Å². The Balaban J connectivity index is 0.00000205. The summed E-state index contributed by atoms with van der Waals surface area (Å²) in [5.41, 5.74) is 1.25. The van der Waals surface area contributed by atoms with Gasteiger partial charge in [-0.25, -0.2) is 0 Å². The Labute approximate surface area is 192 Å². The minimum Gasteiger partial charge on any atom is -0.493 e. The molecule has 1 heterocycles. The quantitative estimate of drug-likeness (QED) is 0.477. The lowest BCUT2D eigenvalue weighted by atomic mass is 9.54. The molecule has 6 heteroatoms. The normalized spacial score (nSPS) is 29.5. The second-order valence-corrected chi connectivity index (χ2v) is 10.7. The number of nitrogens with one attached hydrogen (secondary N) is 1. The molecule has 158 valence electrons. The topological polar surface area (TPSA) is 30.5 Å². The van der Waals surface area contributed by atoms with Crippen molar-refractivity contribution in [2.24, 2.45) is 23.7 Å². The highest BCUT2D eigenvalue weighted by atomic mass is 79.9. The van der Waals surface area contributed by atoms with Crippen LogP contribution in [-0.2, 0) is 13.2 Å². The molecule has 0 radical (unpaired) electrons. The zero-order valence-corrected chi connectivity index (χ0v) is 20.0. The van der Waals surface area contributed by atoms with Gasteiger partial charge in [-0.05, 0) is 101 Å². The molecule has 1 N–H and O–H groups in total. The van der Waals surface area contributed by atoms with Crippen LogP contribution in [0.15, 0.2) is 34.1 Å². The van der Waals surface area contributed by atoms with Crippen molar-refractivity contribution in [1.29, 1.82) is 0 Å². The van der Waals surface area contributed by atoms with Crippen LogP contribution in [0.4, 0.5) is 0 Å². The van der Waals surface area contributed by atoms with Gasteiger partial charge in [-0.15, -0.1) is 23.7 Å². The van der Waals surface area contributed by atoms with Crippen molar-refractivity contribution in [2.45, 2.75) is 51.3 Å². The first kappa shape index (κ1) is 21.5. The van der Waals surface area contributed by atoms with E-state index in [-0.39, 0.29) is 12.4 Å². The second kappa shape index (κ2) is 9.17. The van der Waals surface area contributed by atoms with E-state index in [1.807, 2.05) is 0 Å². The lowest BCUT2D eigenvalue weighted by molar-refractivity contribution is -0.0142. The highest BCUT2D eigenvalue weighted by Gasteiger charge is 2.47. The van der Waals surface area contributed by atoms with Crippen LogP contribution in [-0.4, -0.2) is 13.2 Å². The first-order valence-corrected chi connectivity index (χ1v) is 12.1. The number of hydrogen-bond acceptors (Lipinski definition) is 4. The molecular weight excluding hydrogens is 470 g/mol. The standard InChI is InChI=1S/C23H28BrNO2S.ClH/c1-26-21-11-16(10-20(24)23(21)27-13-19-3-2-4-28-19)12-25-22-17-6-14-5-15(8-17)9-18(22)7-14;/h2-4,10-11,14-15,17-18,22,25H,5-9,12-13H2,1H3;1H. The molecule has 3 nitrogen and oxygen atoms in total. The maximum absolute atomic E-state index is 6.05. The Hall–Kier alpha value is -0.750. The van der Waals surface area contributed by atoms with E-state index in [2.05, 4.69) is 50.9 Å². The van der Waals surface area contributed by atoms with Gasteiger partial charge in [-0.2, -0.15) is 0 Å². The molecule has 0 aliphatic heterocycles. The van der Waals surface area contributed by atoms with Crippen LogP contribution in [0.3, 0.4) is 0 Å². The van der Waals surface area contributed by atoms with Crippen LogP contribution in [0.5, 0.6) is 11.5 Å². The summed E-state index contributed by atoms with van der Waals surface area (Å²) in [5, 5.41) is 5.99. The number of ether oxygens (including phenoxy) is 2. The van der Waals surface area contributed by atoms with Gasteiger partial charge < -0.3 is 14.8 Å². The highest BCUT2D eigenvalue weighted by Crippen LogP contribution is 2.53. The molecule has 4 bridgehead atoms. The van der Waals surface area contributed by atoms with Crippen molar-refractivity contribution in [1.82, 2.24) is 5.32 Å². The van der Waals surface area contributed by atoms with Gasteiger partial charge in [0, 0.05) is 17.5 Å². The molecule has 1 aromatic heterocycles. The summed E-state index contributed by atoms with van der Waals surface area (Å²) in [6, 6.07) is 9.14. The van der Waals surface area contributed by atoms with Gasteiger partial charge in [0.15, 0.2) is 11.5 Å². The minimum atomic E-state index is 0. The molecule has 6 rings (SSSR count). The first-order chi connectivity index (χ1) is 13.7. The molecule has 4 fully saturated rings. The summed E-state index contributed by atoms with van der Waals surface area (Å²) in [5.74, 6) is 5.43. The molecule has 0 spiro atoms. The molecule has 0 unspecified atom stereocenters. The van der Waals surface area contributed by atoms with Crippen LogP contribution in [0.2, 0.25) is 0 Å². The van der Waals surface area contributed by atoms with E-state index in [0.29, 0.717) is 12.6 Å². The van der Waals surface area contributed by atoms with E-state index in [1.54, 1.807) is 18.4 Å². The molecule has 2 aromatic rings. The van der Waals surface area contributed by atoms with E-state index >= 15 is 0 Å². The maximum Gasteiger partial charge on any atom is 0.175 e. The smallest absolute Gasteiger partial charge is 0.175 e. The monoisotopic (exact) mass is 497 g/mol. The molecule has 0 amide bonds. The summed E-state index contributed by atoms with van der Waals surface area (Å²) >= 11 is 5.41. The third-order valence-corrected chi connectivity index (χ3v) is 8.44. The van der Waals surface area contributed by atoms with E-state index in [4.69, 9.17) is 9.47 Å². The number of halogens is 2. The molecule has 4 aliphatic rings. The van der Waals surface area contributed by atoms with Gasteiger partial charge >= 0.3 is 0 Å². The van der Waals surface area contributed by atoms with Crippen LogP contribution in [0.25, 0.3) is 0 Å². The summed E-state index contributed by atoms with van der Waals surface area (Å²) < 4.78 is 12.7. The van der Waals surface area contributed by atoms with Gasteiger partial charge in [-0.1, -0.05) is 6.07 Å². The lowest BCUT2D eigenvalue weighted by Crippen LogP contribution is -2.54. The van der Waals surface area contributed by atoms with Crippen LogP contribution in [0.1, 0.15) is 42.5 Å². The second-order valence-electron chi connectivity index (χ2n) is 8.81. The number of benzene rings is 1. The van der Waals surface area contributed by atoms with Gasteiger partial charge in [0.1, 0.15) is 6.61 Å².